The number of nitrogens with one attached hydrogen (secondary N) is 1. The first-order valence-corrected chi connectivity index (χ1v) is 4.63. The predicted octanol–water partition coefficient (Wildman–Crippen LogP) is 1.43. The lowest BCUT2D eigenvalue weighted by Crippen LogP contribution is -2.20. The van der Waals surface area contributed by atoms with Gasteiger partial charge < -0.3 is 10.5 Å². The van der Waals surface area contributed by atoms with E-state index in [9.17, 15) is 4.79 Å². The average molecular weight is 260 g/mol. The van der Waals surface area contributed by atoms with Gasteiger partial charge in [0.25, 0.3) is 0 Å². The van der Waals surface area contributed by atoms with Crippen LogP contribution in [0.1, 0.15) is 10.4 Å². The van der Waals surface area contributed by atoms with E-state index in [2.05, 4.69) is 26.3 Å². The molecule has 0 fully saturated rings. The first-order valence-electron chi connectivity index (χ1n) is 3.83. The number of carboxylic acid groups (broad SMARTS) is 1. The van der Waals surface area contributed by atoms with Crippen LogP contribution >= 0.6 is 15.9 Å². The van der Waals surface area contributed by atoms with E-state index in [1.807, 2.05) is 14.1 Å². The Hall–Kier alpha value is -1.14. The third-order valence-electron chi connectivity index (χ3n) is 1.42. The smallest absolute Gasteiger partial charge is 0.337 e. The van der Waals surface area contributed by atoms with Crippen LogP contribution in [0, 0.1) is 0 Å². The first kappa shape index (κ1) is 10.9. The Balaban J connectivity index is 2.95. The van der Waals surface area contributed by atoms with Crippen molar-refractivity contribution in [2.45, 2.75) is 0 Å². The monoisotopic (exact) mass is 259 g/mol. The van der Waals surface area contributed by atoms with Crippen LogP contribution in [-0.2, 0) is 0 Å². The van der Waals surface area contributed by atoms with E-state index >= 15 is 0 Å². The number of nitrogens with zero attached hydrogens (tertiary/aromatic N) is 2. The van der Waals surface area contributed by atoms with Crippen molar-refractivity contribution in [2.24, 2.45) is 0 Å². The summed E-state index contributed by atoms with van der Waals surface area (Å²) in [6, 6.07) is 1.50. The molecule has 0 unspecified atom stereocenters. The molecule has 0 radical (unpaired) electrons. The number of aromatic nitrogens is 1. The summed E-state index contributed by atoms with van der Waals surface area (Å²) in [6.45, 7) is 0. The highest BCUT2D eigenvalue weighted by Crippen LogP contribution is 2.20. The van der Waals surface area contributed by atoms with Crippen molar-refractivity contribution in [3.63, 3.8) is 0 Å². The predicted molar refractivity (Wildman–Crippen MR) is 56.2 cm³/mol. The number of hydrazine groups is 1. The van der Waals surface area contributed by atoms with Gasteiger partial charge in [-0.2, -0.15) is 0 Å². The zero-order chi connectivity index (χ0) is 10.7. The molecular formula is C8H10BrN3O2. The van der Waals surface area contributed by atoms with Crippen LogP contribution in [0.15, 0.2) is 16.7 Å². The van der Waals surface area contributed by atoms with Crippen LogP contribution in [-0.4, -0.2) is 35.2 Å². The molecule has 14 heavy (non-hydrogen) atoms. The number of carboxylic acids is 1. The topological polar surface area (TPSA) is 65.5 Å². The summed E-state index contributed by atoms with van der Waals surface area (Å²) in [5.41, 5.74) is 3.08. The number of halogens is 1. The quantitative estimate of drug-likeness (QED) is 0.805. The van der Waals surface area contributed by atoms with Gasteiger partial charge in [-0.25, -0.2) is 14.8 Å². The number of pyridine rings is 1. The molecule has 1 aromatic rings. The van der Waals surface area contributed by atoms with Crippen molar-refractivity contribution < 1.29 is 9.90 Å². The summed E-state index contributed by atoms with van der Waals surface area (Å²) >= 11 is 3.23. The number of aromatic carboxylic acids is 1. The third kappa shape index (κ3) is 2.68. The van der Waals surface area contributed by atoms with Crippen LogP contribution < -0.4 is 5.43 Å². The van der Waals surface area contributed by atoms with E-state index in [0.29, 0.717) is 10.3 Å². The minimum atomic E-state index is -0.991. The van der Waals surface area contributed by atoms with Gasteiger partial charge in [0.1, 0.15) is 0 Å². The van der Waals surface area contributed by atoms with Gasteiger partial charge >= 0.3 is 5.97 Å². The van der Waals surface area contributed by atoms with Gasteiger partial charge in [0.15, 0.2) is 5.82 Å². The van der Waals surface area contributed by atoms with Crippen LogP contribution in [0.5, 0.6) is 0 Å². The summed E-state index contributed by atoms with van der Waals surface area (Å²) in [6.07, 6.45) is 1.30. The SMILES string of the molecule is CN(C)Nc1ncc(C(=O)O)cc1Br. The highest BCUT2D eigenvalue weighted by Gasteiger charge is 2.07. The lowest BCUT2D eigenvalue weighted by atomic mass is 10.3. The van der Waals surface area contributed by atoms with E-state index in [-0.39, 0.29) is 5.56 Å². The largest absolute Gasteiger partial charge is 0.478 e. The second-order valence-electron chi connectivity index (χ2n) is 2.87. The molecule has 6 heteroatoms. The summed E-state index contributed by atoms with van der Waals surface area (Å²) < 4.78 is 0.617. The zero-order valence-corrected chi connectivity index (χ0v) is 9.37. The molecule has 0 amide bonds. The molecule has 0 saturated heterocycles. The standard InChI is InChI=1S/C8H10BrN3O2/c1-12(2)11-7-6(9)3-5(4-10-7)8(13)14/h3-4H,1-2H3,(H,10,11)(H,13,14). The molecule has 1 heterocycles. The zero-order valence-electron chi connectivity index (χ0n) is 7.78. The Bertz CT molecular complexity index is 354. The molecule has 2 N–H and O–H groups in total. The molecule has 0 bridgehead atoms. The fraction of sp³-hybridized carbons (Fsp3) is 0.250. The van der Waals surface area contributed by atoms with Gasteiger partial charge in [-0.1, -0.05) is 0 Å². The highest BCUT2D eigenvalue weighted by atomic mass is 79.9. The van der Waals surface area contributed by atoms with Crippen LogP contribution in [0.4, 0.5) is 5.82 Å². The molecular weight excluding hydrogens is 250 g/mol. The maximum atomic E-state index is 10.6. The normalized spacial score (nSPS) is 10.3. The Morgan fingerprint density at radius 2 is 2.29 bits per heavy atom. The fourth-order valence-electron chi connectivity index (χ4n) is 0.849. The van der Waals surface area contributed by atoms with E-state index < -0.39 is 5.97 Å². The molecule has 1 aromatic heterocycles. The van der Waals surface area contributed by atoms with Gasteiger partial charge in [0.2, 0.25) is 0 Å². The average Bonchev–Trinajstić information content (AvgIpc) is 2.07. The van der Waals surface area contributed by atoms with Gasteiger partial charge in [0.05, 0.1) is 10.0 Å². The van der Waals surface area contributed by atoms with Crippen molar-refractivity contribution in [1.82, 2.24) is 9.99 Å². The van der Waals surface area contributed by atoms with Crippen molar-refractivity contribution in [3.8, 4) is 0 Å². The van der Waals surface area contributed by atoms with Gasteiger partial charge in [-0.15, -0.1) is 0 Å². The molecule has 1 rings (SSSR count). The van der Waals surface area contributed by atoms with Crippen molar-refractivity contribution in [3.05, 3.63) is 22.3 Å². The number of rotatable bonds is 3. The summed E-state index contributed by atoms with van der Waals surface area (Å²) in [5, 5.41) is 10.4. The van der Waals surface area contributed by atoms with E-state index in [4.69, 9.17) is 5.11 Å². The van der Waals surface area contributed by atoms with Gasteiger partial charge in [-0.3, -0.25) is 0 Å². The Morgan fingerprint density at radius 1 is 1.64 bits per heavy atom. The summed E-state index contributed by atoms with van der Waals surface area (Å²) in [4.78, 5) is 14.6. The minimum Gasteiger partial charge on any atom is -0.478 e. The molecule has 0 aromatic carbocycles. The molecule has 0 spiro atoms. The van der Waals surface area contributed by atoms with E-state index in [1.54, 1.807) is 5.01 Å². The molecule has 0 saturated carbocycles. The third-order valence-corrected chi connectivity index (χ3v) is 2.02. The maximum absolute atomic E-state index is 10.6. The molecule has 0 aliphatic heterocycles. The molecule has 0 atom stereocenters. The lowest BCUT2D eigenvalue weighted by Gasteiger charge is -2.13. The molecule has 5 nitrogen and oxygen atoms in total. The Kier molecular flexibility index (Phi) is 3.43. The second kappa shape index (κ2) is 4.39. The highest BCUT2D eigenvalue weighted by molar-refractivity contribution is 9.10. The Morgan fingerprint density at radius 3 is 2.71 bits per heavy atom. The van der Waals surface area contributed by atoms with Crippen molar-refractivity contribution in [1.29, 1.82) is 0 Å². The van der Waals surface area contributed by atoms with Crippen molar-refractivity contribution >= 4 is 27.7 Å². The molecule has 0 aliphatic rings. The van der Waals surface area contributed by atoms with Crippen LogP contribution in [0.3, 0.4) is 0 Å². The van der Waals surface area contributed by atoms with Crippen LogP contribution in [0.2, 0.25) is 0 Å². The maximum Gasteiger partial charge on any atom is 0.337 e. The number of hydrogen-bond acceptors (Lipinski definition) is 4. The van der Waals surface area contributed by atoms with Crippen LogP contribution in [0.25, 0.3) is 0 Å². The molecule has 0 aliphatic carbocycles. The van der Waals surface area contributed by atoms with Gasteiger partial charge in [-0.05, 0) is 22.0 Å². The fourth-order valence-corrected chi connectivity index (χ4v) is 1.29. The second-order valence-corrected chi connectivity index (χ2v) is 3.72. The number of carbonyl (C=O) groups is 1. The minimum absolute atomic E-state index is 0.154. The van der Waals surface area contributed by atoms with Crippen molar-refractivity contribution in [2.75, 3.05) is 19.5 Å². The van der Waals surface area contributed by atoms with Gasteiger partial charge in [0, 0.05) is 20.3 Å². The number of hydrogen-bond donors (Lipinski definition) is 2. The summed E-state index contributed by atoms with van der Waals surface area (Å²) in [7, 11) is 3.64. The van der Waals surface area contributed by atoms with E-state index in [0.717, 1.165) is 0 Å². The Labute approximate surface area is 89.8 Å². The van der Waals surface area contributed by atoms with E-state index in [1.165, 1.54) is 12.3 Å². The first-order chi connectivity index (χ1) is 6.50. The molecule has 76 valence electrons. The lowest BCUT2D eigenvalue weighted by molar-refractivity contribution is 0.0696. The number of anilines is 1. The summed E-state index contributed by atoms with van der Waals surface area (Å²) in [5.74, 6) is -0.408.